The van der Waals surface area contributed by atoms with Gasteiger partial charge in [0.2, 0.25) is 0 Å². The van der Waals surface area contributed by atoms with E-state index >= 15 is 0 Å². The van der Waals surface area contributed by atoms with Gasteiger partial charge in [0.05, 0.1) is 11.3 Å². The molecule has 4 N–H and O–H groups in total. The van der Waals surface area contributed by atoms with Gasteiger partial charge in [-0.05, 0) is 30.3 Å². The maximum Gasteiger partial charge on any atom is 0.337 e. The molecule has 0 aromatic heterocycles. The molecule has 2 rings (SSSR count). The molecule has 0 spiro atoms. The van der Waals surface area contributed by atoms with Gasteiger partial charge in [0.25, 0.3) is 5.91 Å². The summed E-state index contributed by atoms with van der Waals surface area (Å²) in [6.45, 7) is 0. The third-order valence-electron chi connectivity index (χ3n) is 2.71. The molecular formula is C14H10BrNO5. The summed E-state index contributed by atoms with van der Waals surface area (Å²) in [4.78, 5) is 23.2. The molecule has 6 nitrogen and oxygen atoms in total. The number of aromatic hydroxyl groups is 2. The highest BCUT2D eigenvalue weighted by Crippen LogP contribution is 2.28. The van der Waals surface area contributed by atoms with E-state index < -0.39 is 23.4 Å². The zero-order valence-corrected chi connectivity index (χ0v) is 12.1. The molecule has 1 amide bonds. The number of anilines is 1. The first kappa shape index (κ1) is 14.9. The van der Waals surface area contributed by atoms with E-state index in [9.17, 15) is 19.8 Å². The number of hydrogen-bond acceptors (Lipinski definition) is 4. The molecular weight excluding hydrogens is 342 g/mol. The van der Waals surface area contributed by atoms with Crippen LogP contribution in [0.25, 0.3) is 0 Å². The van der Waals surface area contributed by atoms with E-state index in [-0.39, 0.29) is 16.8 Å². The summed E-state index contributed by atoms with van der Waals surface area (Å²) in [7, 11) is 0. The molecule has 0 aliphatic heterocycles. The van der Waals surface area contributed by atoms with Crippen LogP contribution in [0.5, 0.6) is 11.5 Å². The molecule has 2 aromatic carbocycles. The number of nitrogens with one attached hydrogen (secondary N) is 1. The van der Waals surface area contributed by atoms with Crippen LogP contribution in [-0.4, -0.2) is 27.2 Å². The van der Waals surface area contributed by atoms with Crippen LogP contribution in [0.2, 0.25) is 0 Å². The number of rotatable bonds is 3. The second-order valence-corrected chi connectivity index (χ2v) is 5.04. The molecule has 0 aliphatic carbocycles. The number of phenols is 2. The lowest BCUT2D eigenvalue weighted by Crippen LogP contribution is -2.15. The predicted molar refractivity (Wildman–Crippen MR) is 78.8 cm³/mol. The van der Waals surface area contributed by atoms with Crippen LogP contribution in [0.1, 0.15) is 20.7 Å². The van der Waals surface area contributed by atoms with Crippen molar-refractivity contribution < 1.29 is 24.9 Å². The van der Waals surface area contributed by atoms with Crippen LogP contribution >= 0.6 is 15.9 Å². The minimum Gasteiger partial charge on any atom is -0.507 e. The highest BCUT2D eigenvalue weighted by atomic mass is 79.9. The topological polar surface area (TPSA) is 107 Å². The number of hydrogen-bond donors (Lipinski definition) is 4. The minimum absolute atomic E-state index is 0.0459. The van der Waals surface area contributed by atoms with E-state index in [0.717, 1.165) is 0 Å². The van der Waals surface area contributed by atoms with Crippen molar-refractivity contribution in [2.24, 2.45) is 0 Å². The van der Waals surface area contributed by atoms with Crippen LogP contribution in [-0.2, 0) is 0 Å². The molecule has 0 fully saturated rings. The number of carboxylic acids is 1. The smallest absolute Gasteiger partial charge is 0.337 e. The largest absolute Gasteiger partial charge is 0.507 e. The fraction of sp³-hybridized carbons (Fsp3) is 0. The second kappa shape index (κ2) is 5.84. The van der Waals surface area contributed by atoms with Gasteiger partial charge in [-0.25, -0.2) is 4.79 Å². The van der Waals surface area contributed by atoms with E-state index in [1.807, 2.05) is 0 Å². The van der Waals surface area contributed by atoms with Gasteiger partial charge in [-0.15, -0.1) is 0 Å². The Morgan fingerprint density at radius 3 is 2.24 bits per heavy atom. The van der Waals surface area contributed by atoms with Gasteiger partial charge in [-0.2, -0.15) is 0 Å². The summed E-state index contributed by atoms with van der Waals surface area (Å²) in [6.07, 6.45) is 0. The van der Waals surface area contributed by atoms with Crippen molar-refractivity contribution in [3.8, 4) is 11.5 Å². The Hall–Kier alpha value is -2.54. The summed E-state index contributed by atoms with van der Waals surface area (Å²) in [6, 6.07) is 8.13. The average molecular weight is 352 g/mol. The maximum absolute atomic E-state index is 12.1. The number of benzene rings is 2. The summed E-state index contributed by atoms with van der Waals surface area (Å²) >= 11 is 3.18. The number of halogens is 1. The van der Waals surface area contributed by atoms with E-state index in [1.54, 1.807) is 0 Å². The van der Waals surface area contributed by atoms with Crippen LogP contribution < -0.4 is 5.32 Å². The predicted octanol–water partition coefficient (Wildman–Crippen LogP) is 2.81. The maximum atomic E-state index is 12.1. The standard InChI is InChI=1S/C14H10BrNO5/c15-7-4-5-8(14(20)21)9(6-7)16-13(19)12-10(17)2-1-3-11(12)18/h1-6,17-18H,(H,16,19)(H,20,21). The first-order chi connectivity index (χ1) is 9.90. The molecule has 21 heavy (non-hydrogen) atoms. The summed E-state index contributed by atoms with van der Waals surface area (Å²) < 4.78 is 0.573. The van der Waals surface area contributed by atoms with Gasteiger partial charge < -0.3 is 20.6 Å². The van der Waals surface area contributed by atoms with E-state index in [1.165, 1.54) is 36.4 Å². The first-order valence-electron chi connectivity index (χ1n) is 5.75. The lowest BCUT2D eigenvalue weighted by atomic mass is 10.1. The number of phenolic OH excluding ortho intramolecular Hbond substituents is 2. The molecule has 2 aromatic rings. The number of aromatic carboxylic acids is 1. The van der Waals surface area contributed by atoms with Gasteiger partial charge >= 0.3 is 5.97 Å². The lowest BCUT2D eigenvalue weighted by molar-refractivity contribution is 0.0698. The van der Waals surface area contributed by atoms with Gasteiger partial charge in [-0.1, -0.05) is 22.0 Å². The lowest BCUT2D eigenvalue weighted by Gasteiger charge is -2.11. The van der Waals surface area contributed by atoms with Crippen LogP contribution in [0.4, 0.5) is 5.69 Å². The van der Waals surface area contributed by atoms with E-state index in [0.29, 0.717) is 4.47 Å². The van der Waals surface area contributed by atoms with Crippen LogP contribution in [0.15, 0.2) is 40.9 Å². The van der Waals surface area contributed by atoms with Gasteiger partial charge in [0, 0.05) is 4.47 Å². The zero-order chi connectivity index (χ0) is 15.6. The summed E-state index contributed by atoms with van der Waals surface area (Å²) in [5, 5.41) is 30.7. The highest BCUT2D eigenvalue weighted by Gasteiger charge is 2.19. The van der Waals surface area contributed by atoms with Gasteiger partial charge in [-0.3, -0.25) is 4.79 Å². The molecule has 108 valence electrons. The van der Waals surface area contributed by atoms with Crippen molar-refractivity contribution in [1.82, 2.24) is 0 Å². The Labute approximate surface area is 127 Å². The molecule has 0 heterocycles. The Bertz CT molecular complexity index is 709. The van der Waals surface area contributed by atoms with Crippen molar-refractivity contribution >= 4 is 33.5 Å². The molecule has 0 radical (unpaired) electrons. The van der Waals surface area contributed by atoms with Crippen LogP contribution in [0.3, 0.4) is 0 Å². The monoisotopic (exact) mass is 351 g/mol. The molecule has 0 aliphatic rings. The number of amides is 1. The molecule has 0 bridgehead atoms. The molecule has 0 unspecified atom stereocenters. The van der Waals surface area contributed by atoms with Crippen molar-refractivity contribution in [2.45, 2.75) is 0 Å². The number of carbonyl (C=O) groups excluding carboxylic acids is 1. The minimum atomic E-state index is -1.21. The number of carboxylic acid groups (broad SMARTS) is 1. The fourth-order valence-corrected chi connectivity index (χ4v) is 2.11. The Balaban J connectivity index is 2.40. The van der Waals surface area contributed by atoms with Crippen molar-refractivity contribution in [3.05, 3.63) is 52.0 Å². The quantitative estimate of drug-likeness (QED) is 0.680. The Kier molecular flexibility index (Phi) is 4.13. The summed E-state index contributed by atoms with van der Waals surface area (Å²) in [5.41, 5.74) is -0.389. The number of carbonyl (C=O) groups is 2. The molecule has 0 saturated heterocycles. The van der Waals surface area contributed by atoms with Crippen molar-refractivity contribution in [1.29, 1.82) is 0 Å². The molecule has 0 saturated carbocycles. The van der Waals surface area contributed by atoms with Gasteiger partial charge in [0.15, 0.2) is 0 Å². The van der Waals surface area contributed by atoms with Crippen molar-refractivity contribution in [2.75, 3.05) is 5.32 Å². The van der Waals surface area contributed by atoms with Gasteiger partial charge in [0.1, 0.15) is 17.1 Å². The third-order valence-corrected chi connectivity index (χ3v) is 3.20. The molecule has 0 atom stereocenters. The Morgan fingerprint density at radius 1 is 1.05 bits per heavy atom. The third kappa shape index (κ3) is 3.14. The van der Waals surface area contributed by atoms with E-state index in [4.69, 9.17) is 5.11 Å². The highest BCUT2D eigenvalue weighted by molar-refractivity contribution is 9.10. The zero-order valence-electron chi connectivity index (χ0n) is 10.5. The first-order valence-corrected chi connectivity index (χ1v) is 6.54. The van der Waals surface area contributed by atoms with Crippen molar-refractivity contribution in [3.63, 3.8) is 0 Å². The SMILES string of the molecule is O=C(O)c1ccc(Br)cc1NC(=O)c1c(O)cccc1O. The Morgan fingerprint density at radius 2 is 1.67 bits per heavy atom. The normalized spacial score (nSPS) is 10.1. The summed E-state index contributed by atoms with van der Waals surface area (Å²) in [5.74, 6) is -2.83. The average Bonchev–Trinajstić information content (AvgIpc) is 2.38. The fourth-order valence-electron chi connectivity index (χ4n) is 1.75. The van der Waals surface area contributed by atoms with E-state index in [2.05, 4.69) is 21.2 Å². The van der Waals surface area contributed by atoms with Crippen LogP contribution in [0, 0.1) is 0 Å². The second-order valence-electron chi connectivity index (χ2n) is 4.12. The molecule has 7 heteroatoms.